The third-order valence-corrected chi connectivity index (χ3v) is 5.36. The number of amides is 2. The quantitative estimate of drug-likeness (QED) is 0.837. The average Bonchev–Trinajstić information content (AvgIpc) is 3.22. The SMILES string of the molecule is C#Cc1cccc(NC(=O)NC[C@H]2CCN(C)[C@H]2c2cccs2)c1. The lowest BCUT2D eigenvalue weighted by atomic mass is 9.99. The molecule has 1 aliphatic rings. The van der Waals surface area contributed by atoms with Crippen LogP contribution in [0.4, 0.5) is 10.5 Å². The second-order valence-electron chi connectivity index (χ2n) is 6.05. The molecule has 1 aliphatic heterocycles. The van der Waals surface area contributed by atoms with Crippen molar-refractivity contribution in [1.82, 2.24) is 10.2 Å². The van der Waals surface area contributed by atoms with Crippen LogP contribution in [0.1, 0.15) is 22.9 Å². The maximum absolute atomic E-state index is 12.2. The first kappa shape index (κ1) is 16.6. The number of hydrogen-bond acceptors (Lipinski definition) is 3. The van der Waals surface area contributed by atoms with Gasteiger partial charge in [-0.05, 0) is 55.6 Å². The van der Waals surface area contributed by atoms with Gasteiger partial charge in [0.05, 0.1) is 0 Å². The summed E-state index contributed by atoms with van der Waals surface area (Å²) in [4.78, 5) is 15.9. The second kappa shape index (κ2) is 7.52. The third-order valence-electron chi connectivity index (χ3n) is 4.42. The molecule has 24 heavy (non-hydrogen) atoms. The molecule has 2 atom stereocenters. The topological polar surface area (TPSA) is 44.4 Å². The molecule has 0 radical (unpaired) electrons. The van der Waals surface area contributed by atoms with E-state index >= 15 is 0 Å². The fraction of sp³-hybridized carbons (Fsp3) is 0.316. The Morgan fingerprint density at radius 3 is 3.04 bits per heavy atom. The molecule has 0 bridgehead atoms. The Morgan fingerprint density at radius 2 is 2.29 bits per heavy atom. The van der Waals surface area contributed by atoms with Crippen LogP contribution in [0.5, 0.6) is 0 Å². The Labute approximate surface area is 146 Å². The zero-order chi connectivity index (χ0) is 16.9. The van der Waals surface area contributed by atoms with Crippen molar-refractivity contribution < 1.29 is 4.79 Å². The van der Waals surface area contributed by atoms with E-state index in [1.165, 1.54) is 4.88 Å². The standard InChI is InChI=1S/C19H21N3OS/c1-3-14-6-4-7-16(12-14)21-19(23)20-13-15-9-10-22(2)18(15)17-8-5-11-24-17/h1,4-8,11-12,15,18H,9-10,13H2,2H3,(H2,20,21,23)/t15-,18-/m1/s1. The van der Waals surface area contributed by atoms with Gasteiger partial charge in [0.2, 0.25) is 0 Å². The molecule has 0 aliphatic carbocycles. The van der Waals surface area contributed by atoms with Crippen molar-refractivity contribution in [2.45, 2.75) is 12.5 Å². The van der Waals surface area contributed by atoms with Crippen LogP contribution >= 0.6 is 11.3 Å². The summed E-state index contributed by atoms with van der Waals surface area (Å²) in [6.07, 6.45) is 6.47. The maximum atomic E-state index is 12.2. The number of carbonyl (C=O) groups is 1. The van der Waals surface area contributed by atoms with Crippen molar-refractivity contribution in [3.05, 3.63) is 52.2 Å². The number of urea groups is 1. The van der Waals surface area contributed by atoms with E-state index < -0.39 is 0 Å². The Bertz CT molecular complexity index is 735. The van der Waals surface area contributed by atoms with Gasteiger partial charge in [-0.2, -0.15) is 0 Å². The number of thiophene rings is 1. The molecule has 0 unspecified atom stereocenters. The van der Waals surface area contributed by atoms with E-state index in [0.29, 0.717) is 24.2 Å². The van der Waals surface area contributed by atoms with Crippen LogP contribution < -0.4 is 10.6 Å². The fourth-order valence-electron chi connectivity index (χ4n) is 3.23. The van der Waals surface area contributed by atoms with Gasteiger partial charge in [0, 0.05) is 28.7 Å². The first-order chi connectivity index (χ1) is 11.7. The van der Waals surface area contributed by atoms with E-state index in [1.807, 2.05) is 18.2 Å². The molecule has 4 nitrogen and oxygen atoms in total. The number of benzene rings is 1. The van der Waals surface area contributed by atoms with Gasteiger partial charge in [0.1, 0.15) is 0 Å². The van der Waals surface area contributed by atoms with Crippen molar-refractivity contribution in [3.8, 4) is 12.3 Å². The van der Waals surface area contributed by atoms with Crippen molar-refractivity contribution in [3.63, 3.8) is 0 Å². The zero-order valence-corrected chi connectivity index (χ0v) is 14.5. The van der Waals surface area contributed by atoms with E-state index in [0.717, 1.165) is 18.5 Å². The predicted octanol–water partition coefficient (Wildman–Crippen LogP) is 3.54. The van der Waals surface area contributed by atoms with E-state index in [1.54, 1.807) is 17.4 Å². The third kappa shape index (κ3) is 3.78. The van der Waals surface area contributed by atoms with Crippen molar-refractivity contribution in [2.75, 3.05) is 25.5 Å². The summed E-state index contributed by atoms with van der Waals surface area (Å²) in [6, 6.07) is 11.7. The van der Waals surface area contributed by atoms with Crippen molar-refractivity contribution in [2.24, 2.45) is 5.92 Å². The molecule has 1 aromatic heterocycles. The average molecular weight is 339 g/mol. The molecule has 2 aromatic rings. The molecule has 124 valence electrons. The van der Waals surface area contributed by atoms with Crippen LogP contribution in [-0.4, -0.2) is 31.1 Å². The van der Waals surface area contributed by atoms with Crippen molar-refractivity contribution >= 4 is 23.1 Å². The summed E-state index contributed by atoms with van der Waals surface area (Å²) >= 11 is 1.78. The van der Waals surface area contributed by atoms with Gasteiger partial charge in [0.25, 0.3) is 0 Å². The highest BCUT2D eigenvalue weighted by Crippen LogP contribution is 2.37. The summed E-state index contributed by atoms with van der Waals surface area (Å²) < 4.78 is 0. The maximum Gasteiger partial charge on any atom is 0.319 e. The number of rotatable bonds is 4. The summed E-state index contributed by atoms with van der Waals surface area (Å²) in [5.41, 5.74) is 1.46. The zero-order valence-electron chi connectivity index (χ0n) is 13.7. The normalized spacial score (nSPS) is 20.5. The highest BCUT2D eigenvalue weighted by atomic mass is 32.1. The van der Waals surface area contributed by atoms with Crippen LogP contribution in [0.3, 0.4) is 0 Å². The lowest BCUT2D eigenvalue weighted by Gasteiger charge is -2.24. The van der Waals surface area contributed by atoms with Crippen LogP contribution in [0.25, 0.3) is 0 Å². The van der Waals surface area contributed by atoms with Gasteiger partial charge in [-0.15, -0.1) is 17.8 Å². The Balaban J connectivity index is 1.57. The molecule has 1 aromatic carbocycles. The number of likely N-dealkylation sites (tertiary alicyclic amines) is 1. The van der Waals surface area contributed by atoms with Crippen LogP contribution in [0.15, 0.2) is 41.8 Å². The monoisotopic (exact) mass is 339 g/mol. The molecule has 2 N–H and O–H groups in total. The molecule has 2 amide bonds. The minimum absolute atomic E-state index is 0.191. The van der Waals surface area contributed by atoms with Crippen LogP contribution in [0.2, 0.25) is 0 Å². The largest absolute Gasteiger partial charge is 0.338 e. The molecule has 5 heteroatoms. The highest BCUT2D eigenvalue weighted by molar-refractivity contribution is 7.10. The minimum Gasteiger partial charge on any atom is -0.338 e. The lowest BCUT2D eigenvalue weighted by Crippen LogP contribution is -2.35. The number of hydrogen-bond donors (Lipinski definition) is 2. The first-order valence-corrected chi connectivity index (χ1v) is 8.90. The summed E-state index contributed by atoms with van der Waals surface area (Å²) in [5, 5.41) is 7.95. The van der Waals surface area contributed by atoms with E-state index in [-0.39, 0.29) is 6.03 Å². The summed E-state index contributed by atoms with van der Waals surface area (Å²) in [6.45, 7) is 1.72. The number of nitrogens with zero attached hydrogens (tertiary/aromatic N) is 1. The molecule has 0 spiro atoms. The molecule has 1 fully saturated rings. The predicted molar refractivity (Wildman–Crippen MR) is 99.2 cm³/mol. The van der Waals surface area contributed by atoms with Gasteiger partial charge in [-0.1, -0.05) is 18.1 Å². The van der Waals surface area contributed by atoms with Gasteiger partial charge < -0.3 is 10.6 Å². The van der Waals surface area contributed by atoms with Gasteiger partial charge >= 0.3 is 6.03 Å². The first-order valence-electron chi connectivity index (χ1n) is 8.02. The Morgan fingerprint density at radius 1 is 1.42 bits per heavy atom. The smallest absolute Gasteiger partial charge is 0.319 e. The highest BCUT2D eigenvalue weighted by Gasteiger charge is 2.33. The molecular formula is C19H21N3OS. The minimum atomic E-state index is -0.191. The number of anilines is 1. The molecule has 3 rings (SSSR count). The van der Waals surface area contributed by atoms with E-state index in [9.17, 15) is 4.79 Å². The molecule has 2 heterocycles. The Hall–Kier alpha value is -2.29. The van der Waals surface area contributed by atoms with E-state index in [2.05, 4.69) is 46.0 Å². The van der Waals surface area contributed by atoms with Crippen LogP contribution in [-0.2, 0) is 0 Å². The lowest BCUT2D eigenvalue weighted by molar-refractivity contribution is 0.244. The second-order valence-corrected chi connectivity index (χ2v) is 7.03. The Kier molecular flexibility index (Phi) is 5.19. The molecule has 0 saturated carbocycles. The fourth-order valence-corrected chi connectivity index (χ4v) is 4.22. The number of carbonyl (C=O) groups excluding carboxylic acids is 1. The number of nitrogens with one attached hydrogen (secondary N) is 2. The molecular weight excluding hydrogens is 318 g/mol. The van der Waals surface area contributed by atoms with E-state index in [4.69, 9.17) is 6.42 Å². The summed E-state index contributed by atoms with van der Waals surface area (Å²) in [5.74, 6) is 2.99. The van der Waals surface area contributed by atoms with Crippen molar-refractivity contribution in [1.29, 1.82) is 0 Å². The van der Waals surface area contributed by atoms with Gasteiger partial charge in [-0.25, -0.2) is 4.79 Å². The van der Waals surface area contributed by atoms with Gasteiger partial charge in [-0.3, -0.25) is 4.90 Å². The number of terminal acetylenes is 1. The molecule has 1 saturated heterocycles. The summed E-state index contributed by atoms with van der Waals surface area (Å²) in [7, 11) is 2.15. The van der Waals surface area contributed by atoms with Crippen LogP contribution in [0, 0.1) is 18.3 Å². The van der Waals surface area contributed by atoms with Gasteiger partial charge in [0.15, 0.2) is 0 Å².